The summed E-state index contributed by atoms with van der Waals surface area (Å²) in [5.74, 6) is -0.650. The molecule has 0 saturated carbocycles. The summed E-state index contributed by atoms with van der Waals surface area (Å²) in [5.41, 5.74) is 1.75. The largest absolute Gasteiger partial charge is 0.286 e. The van der Waals surface area contributed by atoms with E-state index in [2.05, 4.69) is 0 Å². The molecular weight excluding hydrogens is 248 g/mol. The Morgan fingerprint density at radius 3 is 1.56 bits per heavy atom. The van der Waals surface area contributed by atoms with Crippen LogP contribution in [-0.2, 0) is 10.1 Å². The summed E-state index contributed by atoms with van der Waals surface area (Å²) in [7, 11) is -4.02. The Bertz CT molecular complexity index is 552. The van der Waals surface area contributed by atoms with Gasteiger partial charge in [-0.2, -0.15) is 8.42 Å². The summed E-state index contributed by atoms with van der Waals surface area (Å²) >= 11 is 0. The SMILES string of the molecule is O=S(=O)(O)CC(c1ccccc1)c1ccccc1. The Kier molecular flexibility index (Phi) is 3.79. The highest BCUT2D eigenvalue weighted by molar-refractivity contribution is 7.85. The fourth-order valence-corrected chi connectivity index (χ4v) is 2.77. The number of hydrogen-bond acceptors (Lipinski definition) is 2. The molecule has 18 heavy (non-hydrogen) atoms. The minimum Gasteiger partial charge on any atom is -0.286 e. The van der Waals surface area contributed by atoms with E-state index in [4.69, 9.17) is 4.55 Å². The molecule has 0 aliphatic carbocycles. The molecule has 2 aromatic carbocycles. The van der Waals surface area contributed by atoms with Gasteiger partial charge in [-0.3, -0.25) is 4.55 Å². The van der Waals surface area contributed by atoms with Crippen molar-refractivity contribution in [3.05, 3.63) is 71.8 Å². The van der Waals surface area contributed by atoms with Crippen molar-refractivity contribution in [2.45, 2.75) is 5.92 Å². The first kappa shape index (κ1) is 12.8. The average Bonchev–Trinajstić information content (AvgIpc) is 2.37. The molecule has 0 aliphatic rings. The summed E-state index contributed by atoms with van der Waals surface area (Å²) in [6.07, 6.45) is 0. The van der Waals surface area contributed by atoms with Gasteiger partial charge in [0.1, 0.15) is 0 Å². The lowest BCUT2D eigenvalue weighted by Gasteiger charge is -2.16. The number of benzene rings is 2. The molecule has 0 spiro atoms. The van der Waals surface area contributed by atoms with E-state index >= 15 is 0 Å². The van der Waals surface area contributed by atoms with Crippen LogP contribution in [0.5, 0.6) is 0 Å². The molecule has 0 aromatic heterocycles. The van der Waals surface area contributed by atoms with Crippen LogP contribution in [0.15, 0.2) is 60.7 Å². The first-order valence-corrected chi connectivity index (χ1v) is 7.22. The van der Waals surface area contributed by atoms with Gasteiger partial charge in [-0.15, -0.1) is 0 Å². The summed E-state index contributed by atoms with van der Waals surface area (Å²) in [4.78, 5) is 0. The lowest BCUT2D eigenvalue weighted by atomic mass is 9.93. The second-order valence-electron chi connectivity index (χ2n) is 4.12. The van der Waals surface area contributed by atoms with Crippen LogP contribution in [0, 0.1) is 0 Å². The van der Waals surface area contributed by atoms with Crippen LogP contribution in [-0.4, -0.2) is 18.7 Å². The first-order chi connectivity index (χ1) is 8.56. The Morgan fingerprint density at radius 2 is 1.22 bits per heavy atom. The van der Waals surface area contributed by atoms with Crippen molar-refractivity contribution in [1.82, 2.24) is 0 Å². The minimum atomic E-state index is -4.02. The Hall–Kier alpha value is -1.65. The fourth-order valence-electron chi connectivity index (χ4n) is 1.97. The van der Waals surface area contributed by atoms with Gasteiger partial charge >= 0.3 is 0 Å². The monoisotopic (exact) mass is 262 g/mol. The van der Waals surface area contributed by atoms with E-state index in [9.17, 15) is 8.42 Å². The third kappa shape index (κ3) is 3.42. The number of rotatable bonds is 4. The summed E-state index contributed by atoms with van der Waals surface area (Å²) in [6.45, 7) is 0. The summed E-state index contributed by atoms with van der Waals surface area (Å²) in [6, 6.07) is 18.6. The van der Waals surface area contributed by atoms with Crippen LogP contribution in [0.4, 0.5) is 0 Å². The maximum absolute atomic E-state index is 11.1. The molecule has 0 radical (unpaired) electrons. The van der Waals surface area contributed by atoms with Crippen molar-refractivity contribution in [1.29, 1.82) is 0 Å². The van der Waals surface area contributed by atoms with E-state index in [-0.39, 0.29) is 11.7 Å². The molecule has 4 heteroatoms. The molecule has 2 rings (SSSR count). The van der Waals surface area contributed by atoms with E-state index in [1.165, 1.54) is 0 Å². The molecule has 94 valence electrons. The Labute approximate surface area is 107 Å². The maximum atomic E-state index is 11.1. The van der Waals surface area contributed by atoms with Crippen LogP contribution in [0.1, 0.15) is 17.0 Å². The van der Waals surface area contributed by atoms with Gasteiger partial charge in [0.2, 0.25) is 0 Å². The third-order valence-electron chi connectivity index (χ3n) is 2.78. The van der Waals surface area contributed by atoms with Crippen LogP contribution >= 0.6 is 0 Å². The number of hydrogen-bond donors (Lipinski definition) is 1. The maximum Gasteiger partial charge on any atom is 0.265 e. The molecule has 0 aliphatic heterocycles. The molecule has 0 bridgehead atoms. The quantitative estimate of drug-likeness (QED) is 0.862. The molecule has 0 heterocycles. The molecule has 3 nitrogen and oxygen atoms in total. The second kappa shape index (κ2) is 5.33. The van der Waals surface area contributed by atoms with Crippen LogP contribution in [0.3, 0.4) is 0 Å². The van der Waals surface area contributed by atoms with E-state index in [0.717, 1.165) is 11.1 Å². The van der Waals surface area contributed by atoms with Gasteiger partial charge in [-0.05, 0) is 11.1 Å². The van der Waals surface area contributed by atoms with Crippen LogP contribution < -0.4 is 0 Å². The second-order valence-corrected chi connectivity index (χ2v) is 5.62. The zero-order valence-electron chi connectivity index (χ0n) is 9.73. The topological polar surface area (TPSA) is 54.4 Å². The lowest BCUT2D eigenvalue weighted by molar-refractivity contribution is 0.480. The van der Waals surface area contributed by atoms with Crippen molar-refractivity contribution in [2.24, 2.45) is 0 Å². The zero-order chi connectivity index (χ0) is 13.0. The average molecular weight is 262 g/mol. The van der Waals surface area contributed by atoms with Gasteiger partial charge in [0.15, 0.2) is 0 Å². The normalized spacial score (nSPS) is 11.7. The lowest BCUT2D eigenvalue weighted by Crippen LogP contribution is -2.15. The van der Waals surface area contributed by atoms with Crippen molar-refractivity contribution in [3.8, 4) is 0 Å². The third-order valence-corrected chi connectivity index (χ3v) is 3.54. The van der Waals surface area contributed by atoms with Gasteiger partial charge in [-0.25, -0.2) is 0 Å². The van der Waals surface area contributed by atoms with Crippen molar-refractivity contribution in [2.75, 3.05) is 5.75 Å². The highest BCUT2D eigenvalue weighted by Crippen LogP contribution is 2.25. The van der Waals surface area contributed by atoms with Gasteiger partial charge < -0.3 is 0 Å². The fraction of sp³-hybridized carbons (Fsp3) is 0.143. The molecule has 0 amide bonds. The van der Waals surface area contributed by atoms with E-state index in [1.807, 2.05) is 60.7 Å². The van der Waals surface area contributed by atoms with E-state index in [1.54, 1.807) is 0 Å². The predicted octanol–water partition coefficient (Wildman–Crippen LogP) is 2.71. The van der Waals surface area contributed by atoms with Gasteiger partial charge in [0.25, 0.3) is 10.1 Å². The van der Waals surface area contributed by atoms with Crippen LogP contribution in [0.25, 0.3) is 0 Å². The Morgan fingerprint density at radius 1 is 0.833 bits per heavy atom. The predicted molar refractivity (Wildman–Crippen MR) is 71.1 cm³/mol. The minimum absolute atomic E-state index is 0.305. The van der Waals surface area contributed by atoms with E-state index in [0.29, 0.717) is 0 Å². The molecule has 0 unspecified atom stereocenters. The van der Waals surface area contributed by atoms with Crippen molar-refractivity contribution >= 4 is 10.1 Å². The summed E-state index contributed by atoms with van der Waals surface area (Å²) < 4.78 is 31.4. The molecule has 2 aromatic rings. The molecule has 0 saturated heterocycles. The summed E-state index contributed by atoms with van der Waals surface area (Å²) in [5, 5.41) is 0. The van der Waals surface area contributed by atoms with Crippen LogP contribution in [0.2, 0.25) is 0 Å². The first-order valence-electron chi connectivity index (χ1n) is 5.61. The zero-order valence-corrected chi connectivity index (χ0v) is 10.5. The highest BCUT2D eigenvalue weighted by atomic mass is 32.2. The van der Waals surface area contributed by atoms with Gasteiger partial charge in [-0.1, -0.05) is 60.7 Å². The molecular formula is C14H14O3S. The molecule has 1 N–H and O–H groups in total. The highest BCUT2D eigenvalue weighted by Gasteiger charge is 2.20. The Balaban J connectivity index is 2.42. The van der Waals surface area contributed by atoms with Crippen molar-refractivity contribution < 1.29 is 13.0 Å². The van der Waals surface area contributed by atoms with Crippen molar-refractivity contribution in [3.63, 3.8) is 0 Å². The van der Waals surface area contributed by atoms with Gasteiger partial charge in [0, 0.05) is 5.92 Å². The van der Waals surface area contributed by atoms with E-state index < -0.39 is 10.1 Å². The van der Waals surface area contributed by atoms with Gasteiger partial charge in [0.05, 0.1) is 5.75 Å². The molecule has 0 atom stereocenters. The molecule has 0 fully saturated rings. The smallest absolute Gasteiger partial charge is 0.265 e. The standard InChI is InChI=1S/C14H14O3S/c15-18(16,17)11-14(12-7-3-1-4-8-12)13-9-5-2-6-10-13/h1-10,14H,11H2,(H,15,16,17).